The summed E-state index contributed by atoms with van der Waals surface area (Å²) in [6, 6.07) is -0.187. The average molecular weight is 459 g/mol. The van der Waals surface area contributed by atoms with Gasteiger partial charge in [-0.2, -0.15) is 18.3 Å². The lowest BCUT2D eigenvalue weighted by molar-refractivity contribution is -0.183. The van der Waals surface area contributed by atoms with Crippen LogP contribution in [0.2, 0.25) is 0 Å². The number of aryl methyl sites for hydroxylation is 1. The summed E-state index contributed by atoms with van der Waals surface area (Å²) in [5.41, 5.74) is 1.09. The third-order valence-electron chi connectivity index (χ3n) is 4.10. The van der Waals surface area contributed by atoms with Crippen LogP contribution in [0.25, 0.3) is 0 Å². The van der Waals surface area contributed by atoms with Gasteiger partial charge in [-0.05, 0) is 31.7 Å². The van der Waals surface area contributed by atoms with Crippen molar-refractivity contribution in [3.05, 3.63) is 18.0 Å². The molecule has 0 bridgehead atoms. The molecule has 2 unspecified atom stereocenters. The molecule has 1 fully saturated rings. The maximum absolute atomic E-state index is 12.8. The van der Waals surface area contributed by atoms with E-state index in [1.807, 2.05) is 17.8 Å². The van der Waals surface area contributed by atoms with Crippen molar-refractivity contribution >= 4 is 29.9 Å². The van der Waals surface area contributed by atoms with Crippen LogP contribution in [0, 0.1) is 12.8 Å². The molecule has 5 nitrogen and oxygen atoms in total. The predicted molar refractivity (Wildman–Crippen MR) is 98.7 cm³/mol. The van der Waals surface area contributed by atoms with Gasteiger partial charge in [-0.3, -0.25) is 9.67 Å². The van der Waals surface area contributed by atoms with Crippen molar-refractivity contribution in [2.45, 2.75) is 51.4 Å². The zero-order chi connectivity index (χ0) is 16.9. The zero-order valence-electron chi connectivity index (χ0n) is 13.9. The fraction of sp³-hybridized carbons (Fsp3) is 0.733. The van der Waals surface area contributed by atoms with Gasteiger partial charge in [-0.1, -0.05) is 6.42 Å². The Morgan fingerprint density at radius 3 is 2.75 bits per heavy atom. The topological polar surface area (TPSA) is 54.2 Å². The zero-order valence-corrected chi connectivity index (χ0v) is 16.3. The van der Waals surface area contributed by atoms with Crippen molar-refractivity contribution in [1.82, 2.24) is 20.4 Å². The number of nitrogens with one attached hydrogen (secondary N) is 2. The van der Waals surface area contributed by atoms with Gasteiger partial charge >= 0.3 is 6.18 Å². The van der Waals surface area contributed by atoms with Crippen LogP contribution in [-0.2, 0) is 6.54 Å². The second-order valence-corrected chi connectivity index (χ2v) is 6.03. The molecule has 0 amide bonds. The highest BCUT2D eigenvalue weighted by atomic mass is 127. The molecule has 1 saturated carbocycles. The first kappa shape index (κ1) is 21.0. The molecule has 2 N–H and O–H groups in total. The number of hydrogen-bond donors (Lipinski definition) is 2. The van der Waals surface area contributed by atoms with Gasteiger partial charge in [0.25, 0.3) is 0 Å². The van der Waals surface area contributed by atoms with Gasteiger partial charge in [-0.25, -0.2) is 0 Å². The maximum Gasteiger partial charge on any atom is 0.391 e. The summed E-state index contributed by atoms with van der Waals surface area (Å²) >= 11 is 0. The molecular formula is C15H25F3IN5. The highest BCUT2D eigenvalue weighted by Crippen LogP contribution is 2.37. The lowest BCUT2D eigenvalue weighted by atomic mass is 9.85. The third-order valence-corrected chi connectivity index (χ3v) is 4.10. The molecule has 0 radical (unpaired) electrons. The molecule has 1 aliphatic carbocycles. The molecule has 24 heavy (non-hydrogen) atoms. The third kappa shape index (κ3) is 6.48. The van der Waals surface area contributed by atoms with Crippen LogP contribution in [0.3, 0.4) is 0 Å². The smallest absolute Gasteiger partial charge is 0.355 e. The Hall–Kier alpha value is -1.00. The van der Waals surface area contributed by atoms with E-state index in [1.54, 1.807) is 13.2 Å². The van der Waals surface area contributed by atoms with Crippen LogP contribution in [0.15, 0.2) is 17.4 Å². The van der Waals surface area contributed by atoms with E-state index in [2.05, 4.69) is 20.7 Å². The van der Waals surface area contributed by atoms with Crippen molar-refractivity contribution in [2.75, 3.05) is 13.6 Å². The maximum atomic E-state index is 12.8. The molecule has 0 spiro atoms. The van der Waals surface area contributed by atoms with E-state index in [9.17, 15) is 13.2 Å². The normalized spacial score (nSPS) is 22.0. The van der Waals surface area contributed by atoms with Crippen LogP contribution in [0.1, 0.15) is 31.2 Å². The molecule has 2 rings (SSSR count). The van der Waals surface area contributed by atoms with E-state index in [4.69, 9.17) is 0 Å². The summed E-state index contributed by atoms with van der Waals surface area (Å²) in [5, 5.41) is 10.4. The number of aromatic nitrogens is 2. The summed E-state index contributed by atoms with van der Waals surface area (Å²) in [5.74, 6) is -0.666. The van der Waals surface area contributed by atoms with E-state index < -0.39 is 12.1 Å². The second kappa shape index (κ2) is 9.47. The summed E-state index contributed by atoms with van der Waals surface area (Å²) in [7, 11) is 1.62. The minimum Gasteiger partial charge on any atom is -0.355 e. The monoisotopic (exact) mass is 459 g/mol. The van der Waals surface area contributed by atoms with E-state index in [-0.39, 0.29) is 42.9 Å². The SMILES string of the molecule is CN=C(NCCn1cc(C)cn1)NC1CCCC(C(F)(F)F)C1.I. The summed E-state index contributed by atoms with van der Waals surface area (Å²) < 4.78 is 40.3. The van der Waals surface area contributed by atoms with Crippen LogP contribution in [0.4, 0.5) is 13.2 Å². The number of halogens is 4. The predicted octanol–water partition coefficient (Wildman–Crippen LogP) is 3.10. The van der Waals surface area contributed by atoms with Crippen LogP contribution in [0.5, 0.6) is 0 Å². The molecule has 2 atom stereocenters. The molecule has 0 aromatic carbocycles. The number of hydrogen-bond acceptors (Lipinski definition) is 2. The largest absolute Gasteiger partial charge is 0.391 e. The first-order chi connectivity index (χ1) is 10.9. The standard InChI is InChI=1S/C15H24F3N5.HI/c1-11-9-21-23(10-11)7-6-20-14(19-2)22-13-5-3-4-12(8-13)15(16,17)18;/h9-10,12-13H,3-8H2,1-2H3,(H2,19,20,22);1H. The lowest BCUT2D eigenvalue weighted by Gasteiger charge is -2.31. The first-order valence-electron chi connectivity index (χ1n) is 7.91. The Bertz CT molecular complexity index is 529. The van der Waals surface area contributed by atoms with Crippen molar-refractivity contribution in [1.29, 1.82) is 0 Å². The first-order valence-corrected chi connectivity index (χ1v) is 7.91. The van der Waals surface area contributed by atoms with Gasteiger partial charge in [0.15, 0.2) is 5.96 Å². The summed E-state index contributed by atoms with van der Waals surface area (Å²) in [6.45, 7) is 3.25. The molecule has 1 aromatic heterocycles. The van der Waals surface area contributed by atoms with E-state index in [1.165, 1.54) is 0 Å². The Kier molecular flexibility index (Phi) is 8.31. The minimum atomic E-state index is -4.10. The number of nitrogens with zero attached hydrogens (tertiary/aromatic N) is 3. The highest BCUT2D eigenvalue weighted by Gasteiger charge is 2.42. The van der Waals surface area contributed by atoms with Gasteiger partial charge in [0.2, 0.25) is 0 Å². The molecule has 9 heteroatoms. The van der Waals surface area contributed by atoms with Gasteiger partial charge in [-0.15, -0.1) is 24.0 Å². The van der Waals surface area contributed by atoms with Gasteiger partial charge in [0.05, 0.1) is 18.7 Å². The van der Waals surface area contributed by atoms with E-state index >= 15 is 0 Å². The van der Waals surface area contributed by atoms with Crippen LogP contribution >= 0.6 is 24.0 Å². The Morgan fingerprint density at radius 1 is 1.42 bits per heavy atom. The van der Waals surface area contributed by atoms with Gasteiger partial charge in [0.1, 0.15) is 0 Å². The molecule has 1 aliphatic rings. The fourth-order valence-electron chi connectivity index (χ4n) is 2.88. The summed E-state index contributed by atoms with van der Waals surface area (Å²) in [4.78, 5) is 4.09. The second-order valence-electron chi connectivity index (χ2n) is 6.03. The fourth-order valence-corrected chi connectivity index (χ4v) is 2.88. The number of rotatable bonds is 4. The average Bonchev–Trinajstić information content (AvgIpc) is 2.91. The Morgan fingerprint density at radius 2 is 2.17 bits per heavy atom. The van der Waals surface area contributed by atoms with Crippen molar-refractivity contribution in [3.63, 3.8) is 0 Å². The number of alkyl halides is 3. The molecule has 138 valence electrons. The summed E-state index contributed by atoms with van der Waals surface area (Å²) in [6.07, 6.45) is 1.29. The molecule has 1 aromatic rings. The lowest BCUT2D eigenvalue weighted by Crippen LogP contribution is -2.47. The Labute approximate surface area is 157 Å². The van der Waals surface area contributed by atoms with Gasteiger partial charge in [0, 0.05) is 25.8 Å². The number of aliphatic imine (C=N–C) groups is 1. The number of guanidine groups is 1. The minimum absolute atomic E-state index is 0. The quantitative estimate of drug-likeness (QED) is 0.414. The van der Waals surface area contributed by atoms with E-state index in [0.29, 0.717) is 25.5 Å². The van der Waals surface area contributed by atoms with Crippen LogP contribution in [-0.4, -0.2) is 41.6 Å². The van der Waals surface area contributed by atoms with Crippen molar-refractivity contribution in [2.24, 2.45) is 10.9 Å². The highest BCUT2D eigenvalue weighted by molar-refractivity contribution is 14.0. The van der Waals surface area contributed by atoms with Crippen molar-refractivity contribution < 1.29 is 13.2 Å². The van der Waals surface area contributed by atoms with Crippen molar-refractivity contribution in [3.8, 4) is 0 Å². The Balaban J connectivity index is 0.00000288. The van der Waals surface area contributed by atoms with Gasteiger partial charge < -0.3 is 10.6 Å². The molecule has 0 aliphatic heterocycles. The van der Waals surface area contributed by atoms with E-state index in [0.717, 1.165) is 12.0 Å². The molecule has 0 saturated heterocycles. The van der Waals surface area contributed by atoms with Crippen LogP contribution < -0.4 is 10.6 Å². The molecule has 1 heterocycles. The molecular weight excluding hydrogens is 434 g/mol.